The van der Waals surface area contributed by atoms with Crippen LogP contribution < -0.4 is 10.2 Å². The van der Waals surface area contributed by atoms with Gasteiger partial charge in [-0.1, -0.05) is 18.2 Å². The highest BCUT2D eigenvalue weighted by Gasteiger charge is 2.31. The summed E-state index contributed by atoms with van der Waals surface area (Å²) in [6, 6.07) is 17.0. The highest BCUT2D eigenvalue weighted by Crippen LogP contribution is 2.26. The fraction of sp³-hybridized carbons (Fsp3) is 0.364. The maximum atomic E-state index is 11.6. The second-order valence-corrected chi connectivity index (χ2v) is 7.44. The number of hydrogen-bond acceptors (Lipinski definition) is 4. The van der Waals surface area contributed by atoms with Crippen LogP contribution in [0.3, 0.4) is 0 Å². The third-order valence-electron chi connectivity index (χ3n) is 5.63. The molecule has 1 fully saturated rings. The second kappa shape index (κ2) is 7.42. The van der Waals surface area contributed by atoms with Gasteiger partial charge < -0.3 is 10.2 Å². The molecule has 1 amide bonds. The molecule has 4 rings (SSSR count). The number of carbonyl (C=O) groups excluding carboxylic acids is 1. The summed E-state index contributed by atoms with van der Waals surface area (Å²) in [5.74, 6) is 0.285. The quantitative estimate of drug-likeness (QED) is 0.909. The second-order valence-electron chi connectivity index (χ2n) is 7.44. The molecule has 5 nitrogen and oxygen atoms in total. The molecule has 1 saturated heterocycles. The normalized spacial score (nSPS) is 17.0. The molecule has 138 valence electrons. The number of carbonyl (C=O) groups is 1. The Morgan fingerprint density at radius 3 is 2.67 bits per heavy atom. The first-order valence-corrected chi connectivity index (χ1v) is 9.46. The van der Waals surface area contributed by atoms with E-state index in [-0.39, 0.29) is 11.8 Å². The molecule has 0 unspecified atom stereocenters. The van der Waals surface area contributed by atoms with Gasteiger partial charge in [0.05, 0.1) is 17.6 Å². The van der Waals surface area contributed by atoms with Gasteiger partial charge in [-0.3, -0.25) is 9.69 Å². The van der Waals surface area contributed by atoms with E-state index in [9.17, 15) is 4.79 Å². The number of likely N-dealkylation sites (tertiary alicyclic amines) is 1. The zero-order valence-corrected chi connectivity index (χ0v) is 15.6. The molecule has 27 heavy (non-hydrogen) atoms. The lowest BCUT2D eigenvalue weighted by atomic mass is 9.97. The van der Waals surface area contributed by atoms with E-state index in [1.807, 2.05) is 12.1 Å². The average molecular weight is 360 g/mol. The van der Waals surface area contributed by atoms with Crippen LogP contribution in [0.25, 0.3) is 0 Å². The van der Waals surface area contributed by atoms with Crippen LogP contribution in [0.2, 0.25) is 0 Å². The third kappa shape index (κ3) is 3.67. The topological polar surface area (TPSA) is 59.4 Å². The van der Waals surface area contributed by atoms with Crippen molar-refractivity contribution in [2.45, 2.75) is 19.5 Å². The molecule has 1 N–H and O–H groups in total. The van der Waals surface area contributed by atoms with Crippen molar-refractivity contribution in [3.63, 3.8) is 0 Å². The molecule has 0 aliphatic carbocycles. The van der Waals surface area contributed by atoms with Crippen LogP contribution in [0.4, 0.5) is 5.69 Å². The molecule has 0 spiro atoms. The number of amides is 1. The smallest absolute Gasteiger partial charge is 0.225 e. The molecule has 2 aromatic rings. The zero-order valence-electron chi connectivity index (χ0n) is 15.6. The monoisotopic (exact) mass is 360 g/mol. The molecule has 0 bridgehead atoms. The SMILES string of the molecule is CNC(=O)C1CN(Cc2ccc(N3CCc4ccc(C#N)cc4C3)cc2)C1. The van der Waals surface area contributed by atoms with E-state index in [1.54, 1.807) is 7.05 Å². The molecular formula is C22H24N4O. The van der Waals surface area contributed by atoms with Gasteiger partial charge in [0.1, 0.15) is 0 Å². The molecule has 0 radical (unpaired) electrons. The number of nitrogens with zero attached hydrogens (tertiary/aromatic N) is 3. The lowest BCUT2D eigenvalue weighted by Crippen LogP contribution is -2.52. The molecule has 2 aliphatic rings. The van der Waals surface area contributed by atoms with Crippen LogP contribution in [-0.4, -0.2) is 37.5 Å². The largest absolute Gasteiger partial charge is 0.367 e. The van der Waals surface area contributed by atoms with Gasteiger partial charge in [-0.2, -0.15) is 5.26 Å². The lowest BCUT2D eigenvalue weighted by molar-refractivity contribution is -0.129. The summed E-state index contributed by atoms with van der Waals surface area (Å²) in [6.07, 6.45) is 1.01. The van der Waals surface area contributed by atoms with Gasteiger partial charge >= 0.3 is 0 Å². The van der Waals surface area contributed by atoms with Crippen LogP contribution in [0.1, 0.15) is 22.3 Å². The molecule has 5 heteroatoms. The minimum Gasteiger partial charge on any atom is -0.367 e. The van der Waals surface area contributed by atoms with E-state index in [2.05, 4.69) is 51.5 Å². The van der Waals surface area contributed by atoms with E-state index in [1.165, 1.54) is 22.4 Å². The first-order chi connectivity index (χ1) is 13.2. The number of fused-ring (bicyclic) bond motifs is 1. The van der Waals surface area contributed by atoms with Gasteiger partial charge in [0.15, 0.2) is 0 Å². The molecule has 2 aromatic carbocycles. The Morgan fingerprint density at radius 1 is 1.19 bits per heavy atom. The van der Waals surface area contributed by atoms with Crippen LogP contribution in [0.15, 0.2) is 42.5 Å². The molecular weight excluding hydrogens is 336 g/mol. The molecule has 2 aliphatic heterocycles. The number of rotatable bonds is 4. The van der Waals surface area contributed by atoms with E-state index < -0.39 is 0 Å². The Kier molecular flexibility index (Phi) is 4.83. The van der Waals surface area contributed by atoms with Crippen LogP contribution in [0, 0.1) is 17.2 Å². The predicted molar refractivity (Wildman–Crippen MR) is 105 cm³/mol. The van der Waals surface area contributed by atoms with Gasteiger partial charge in [-0.05, 0) is 47.4 Å². The molecule has 0 saturated carbocycles. The first-order valence-electron chi connectivity index (χ1n) is 9.46. The Bertz CT molecular complexity index is 878. The van der Waals surface area contributed by atoms with Crippen molar-refractivity contribution in [2.75, 3.05) is 31.6 Å². The van der Waals surface area contributed by atoms with Crippen LogP contribution >= 0.6 is 0 Å². The Balaban J connectivity index is 1.37. The van der Waals surface area contributed by atoms with E-state index in [4.69, 9.17) is 5.26 Å². The van der Waals surface area contributed by atoms with Gasteiger partial charge in [0, 0.05) is 45.5 Å². The Labute approximate surface area is 160 Å². The van der Waals surface area contributed by atoms with Crippen molar-refractivity contribution >= 4 is 11.6 Å². The van der Waals surface area contributed by atoms with Crippen molar-refractivity contribution < 1.29 is 4.79 Å². The highest BCUT2D eigenvalue weighted by atomic mass is 16.1. The third-order valence-corrected chi connectivity index (χ3v) is 5.63. The summed E-state index contributed by atoms with van der Waals surface area (Å²) in [6.45, 7) is 4.42. The van der Waals surface area contributed by atoms with Gasteiger partial charge in [0.2, 0.25) is 5.91 Å². The van der Waals surface area contributed by atoms with Crippen molar-refractivity contribution in [1.29, 1.82) is 5.26 Å². The zero-order chi connectivity index (χ0) is 18.8. The first kappa shape index (κ1) is 17.6. The minimum absolute atomic E-state index is 0.140. The summed E-state index contributed by atoms with van der Waals surface area (Å²) in [4.78, 5) is 16.3. The average Bonchev–Trinajstić information content (AvgIpc) is 2.69. The lowest BCUT2D eigenvalue weighted by Gasteiger charge is -2.38. The van der Waals surface area contributed by atoms with Crippen molar-refractivity contribution in [1.82, 2.24) is 10.2 Å². The minimum atomic E-state index is 0.140. The Morgan fingerprint density at radius 2 is 1.96 bits per heavy atom. The van der Waals surface area contributed by atoms with Gasteiger partial charge in [-0.25, -0.2) is 0 Å². The summed E-state index contributed by atoms with van der Waals surface area (Å²) < 4.78 is 0. The summed E-state index contributed by atoms with van der Waals surface area (Å²) >= 11 is 0. The molecule has 2 heterocycles. The van der Waals surface area contributed by atoms with E-state index in [0.29, 0.717) is 0 Å². The number of benzene rings is 2. The van der Waals surface area contributed by atoms with Crippen molar-refractivity contribution in [2.24, 2.45) is 5.92 Å². The van der Waals surface area contributed by atoms with E-state index in [0.717, 1.165) is 44.7 Å². The molecule has 0 atom stereocenters. The summed E-state index contributed by atoms with van der Waals surface area (Å²) in [5, 5.41) is 11.8. The summed E-state index contributed by atoms with van der Waals surface area (Å²) in [7, 11) is 1.70. The fourth-order valence-corrected chi connectivity index (χ4v) is 3.99. The predicted octanol–water partition coefficient (Wildman–Crippen LogP) is 2.30. The van der Waals surface area contributed by atoms with Crippen LogP contribution in [0.5, 0.6) is 0 Å². The van der Waals surface area contributed by atoms with E-state index >= 15 is 0 Å². The van der Waals surface area contributed by atoms with Crippen molar-refractivity contribution in [3.8, 4) is 6.07 Å². The number of anilines is 1. The fourth-order valence-electron chi connectivity index (χ4n) is 3.99. The standard InChI is InChI=1S/C22H24N4O/c1-24-22(27)20-13-25(14-20)12-16-3-6-21(7-4-16)26-9-8-18-5-2-17(11-23)10-19(18)15-26/h2-7,10,20H,8-9,12-15H2,1H3,(H,24,27). The highest BCUT2D eigenvalue weighted by molar-refractivity contribution is 5.79. The van der Waals surface area contributed by atoms with Crippen molar-refractivity contribution in [3.05, 3.63) is 64.7 Å². The molecule has 0 aromatic heterocycles. The maximum Gasteiger partial charge on any atom is 0.225 e. The van der Waals surface area contributed by atoms with Gasteiger partial charge in [0.25, 0.3) is 0 Å². The number of nitrogens with one attached hydrogen (secondary N) is 1. The number of hydrogen-bond donors (Lipinski definition) is 1. The summed E-state index contributed by atoms with van der Waals surface area (Å²) in [5.41, 5.74) is 5.84. The van der Waals surface area contributed by atoms with Gasteiger partial charge in [-0.15, -0.1) is 0 Å². The maximum absolute atomic E-state index is 11.6. The van der Waals surface area contributed by atoms with Crippen LogP contribution in [-0.2, 0) is 24.3 Å². The Hall–Kier alpha value is -2.84. The number of nitriles is 1.